The number of dihydropyridines is 1. The summed E-state index contributed by atoms with van der Waals surface area (Å²) in [6.07, 6.45) is 3.85. The molecule has 0 unspecified atom stereocenters. The molecule has 0 aromatic heterocycles. The number of halogens is 1. The van der Waals surface area contributed by atoms with E-state index in [0.29, 0.717) is 10.7 Å². The fourth-order valence-electron chi connectivity index (χ4n) is 3.75. The van der Waals surface area contributed by atoms with Crippen LogP contribution in [0.2, 0.25) is 5.02 Å². The zero-order valence-electron chi connectivity index (χ0n) is 17.7. The van der Waals surface area contributed by atoms with Crippen molar-refractivity contribution >= 4 is 46.0 Å². The minimum absolute atomic E-state index is 0.117. The quantitative estimate of drug-likeness (QED) is 0.612. The van der Waals surface area contributed by atoms with Crippen molar-refractivity contribution < 1.29 is 19.1 Å². The van der Waals surface area contributed by atoms with Crippen LogP contribution in [0.5, 0.6) is 0 Å². The number of aliphatic imine (C=N–C) groups is 1. The number of rotatable bonds is 4. The number of nitrogens with zero attached hydrogens (tertiary/aromatic N) is 2. The first-order chi connectivity index (χ1) is 15.4. The van der Waals surface area contributed by atoms with Crippen LogP contribution >= 0.6 is 23.4 Å². The van der Waals surface area contributed by atoms with Crippen molar-refractivity contribution in [3.63, 3.8) is 0 Å². The fraction of sp³-hybridized carbons (Fsp3) is 0.208. The minimum Gasteiger partial charge on any atom is -0.466 e. The average molecular weight is 469 g/mol. The molecule has 0 N–H and O–H groups in total. The molecule has 0 saturated heterocycles. The molecule has 32 heavy (non-hydrogen) atoms. The molecule has 0 radical (unpaired) electrons. The molecule has 2 aromatic carbocycles. The van der Waals surface area contributed by atoms with Gasteiger partial charge in [-0.1, -0.05) is 47.1 Å². The Morgan fingerprint density at radius 3 is 2.28 bits per heavy atom. The van der Waals surface area contributed by atoms with Crippen molar-refractivity contribution in [1.82, 2.24) is 0 Å². The van der Waals surface area contributed by atoms with E-state index < -0.39 is 18.0 Å². The summed E-state index contributed by atoms with van der Waals surface area (Å²) in [4.78, 5) is 33.2. The Kier molecular flexibility index (Phi) is 6.39. The molecule has 0 saturated carbocycles. The summed E-state index contributed by atoms with van der Waals surface area (Å²) in [6, 6.07) is 14.1. The van der Waals surface area contributed by atoms with Crippen LogP contribution in [0.4, 0.5) is 5.69 Å². The van der Waals surface area contributed by atoms with Crippen molar-refractivity contribution in [1.29, 1.82) is 0 Å². The number of carbonyl (C=O) groups excluding carboxylic acids is 2. The highest BCUT2D eigenvalue weighted by molar-refractivity contribution is 8.14. The number of aryl methyl sites for hydroxylation is 1. The van der Waals surface area contributed by atoms with Crippen LogP contribution in [-0.2, 0) is 19.1 Å². The maximum Gasteiger partial charge on any atom is 0.355 e. The number of hydrogen-bond donors (Lipinski definition) is 0. The SMILES string of the molecule is COC(=O)C1=C(C(=O)OC)N(c2ccc(Cl)cc2)[C@H]2C=CC(Sc3ccc(C)cc3)=N[C@@H]12. The zero-order valence-corrected chi connectivity index (χ0v) is 19.3. The second kappa shape index (κ2) is 9.22. The summed E-state index contributed by atoms with van der Waals surface area (Å²) in [7, 11) is 2.57. The van der Waals surface area contributed by atoms with Gasteiger partial charge in [-0.25, -0.2) is 9.59 Å². The van der Waals surface area contributed by atoms with E-state index >= 15 is 0 Å². The van der Waals surface area contributed by atoms with E-state index in [1.807, 2.05) is 43.3 Å². The maximum atomic E-state index is 12.8. The van der Waals surface area contributed by atoms with Gasteiger partial charge in [0.15, 0.2) is 0 Å². The highest BCUT2D eigenvalue weighted by Crippen LogP contribution is 2.40. The van der Waals surface area contributed by atoms with E-state index in [1.54, 1.807) is 29.2 Å². The summed E-state index contributed by atoms with van der Waals surface area (Å²) in [5.41, 5.74) is 2.15. The summed E-state index contributed by atoms with van der Waals surface area (Å²) in [5.74, 6) is -1.25. The predicted octanol–water partition coefficient (Wildman–Crippen LogP) is 4.57. The lowest BCUT2D eigenvalue weighted by molar-refractivity contribution is -0.139. The van der Waals surface area contributed by atoms with Crippen LogP contribution in [0.3, 0.4) is 0 Å². The van der Waals surface area contributed by atoms with Gasteiger partial charge in [0.1, 0.15) is 11.7 Å². The number of thioether (sulfide) groups is 1. The molecule has 0 fully saturated rings. The minimum atomic E-state index is -0.633. The molecule has 6 nitrogen and oxygen atoms in total. The zero-order chi connectivity index (χ0) is 22.8. The lowest BCUT2D eigenvalue weighted by atomic mass is 10.0. The van der Waals surface area contributed by atoms with Gasteiger partial charge in [-0.2, -0.15) is 0 Å². The van der Waals surface area contributed by atoms with E-state index in [2.05, 4.69) is 0 Å². The van der Waals surface area contributed by atoms with Crippen molar-refractivity contribution in [2.45, 2.75) is 23.9 Å². The number of methoxy groups -OCH3 is 2. The van der Waals surface area contributed by atoms with Crippen molar-refractivity contribution in [3.05, 3.63) is 82.5 Å². The van der Waals surface area contributed by atoms with Crippen molar-refractivity contribution in [2.75, 3.05) is 19.1 Å². The van der Waals surface area contributed by atoms with Crippen molar-refractivity contribution in [2.24, 2.45) is 4.99 Å². The highest BCUT2D eigenvalue weighted by Gasteiger charge is 2.48. The number of carbonyl (C=O) groups is 2. The summed E-state index contributed by atoms with van der Waals surface area (Å²) in [6.45, 7) is 2.03. The molecular formula is C24H21ClN2O4S. The van der Waals surface area contributed by atoms with Gasteiger partial charge >= 0.3 is 11.9 Å². The molecule has 2 aliphatic rings. The van der Waals surface area contributed by atoms with Crippen LogP contribution < -0.4 is 4.90 Å². The first kappa shape index (κ1) is 22.2. The molecule has 0 amide bonds. The molecule has 164 valence electrons. The Hall–Kier alpha value is -3.03. The number of fused-ring (bicyclic) bond motifs is 1. The number of esters is 2. The lowest BCUT2D eigenvalue weighted by Gasteiger charge is -2.30. The van der Waals surface area contributed by atoms with E-state index in [-0.39, 0.29) is 17.3 Å². The molecule has 2 atom stereocenters. The molecule has 8 heteroatoms. The van der Waals surface area contributed by atoms with Gasteiger partial charge in [0.05, 0.1) is 30.9 Å². The molecule has 0 aliphatic carbocycles. The van der Waals surface area contributed by atoms with Crippen LogP contribution in [0.1, 0.15) is 5.56 Å². The van der Waals surface area contributed by atoms with Gasteiger partial charge in [-0.3, -0.25) is 4.99 Å². The Morgan fingerprint density at radius 2 is 1.66 bits per heavy atom. The van der Waals surface area contributed by atoms with Gasteiger partial charge in [0.2, 0.25) is 0 Å². The van der Waals surface area contributed by atoms with Gasteiger partial charge < -0.3 is 14.4 Å². The molecule has 2 aliphatic heterocycles. The summed E-state index contributed by atoms with van der Waals surface area (Å²) in [5, 5.41) is 1.30. The standard InChI is InChI=1S/C24H21ClN2O4S/c1-14-4-10-17(11-5-14)32-19-13-12-18-21(26-19)20(23(28)30-2)22(24(29)31-3)27(18)16-8-6-15(25)7-9-16/h4-13,18,21H,1-3H3/t18-,21+/m0/s1. The van der Waals surface area contributed by atoms with E-state index in [9.17, 15) is 9.59 Å². The maximum absolute atomic E-state index is 12.8. The Balaban J connectivity index is 1.79. The Morgan fingerprint density at radius 1 is 1.00 bits per heavy atom. The third-order valence-electron chi connectivity index (χ3n) is 5.25. The number of benzene rings is 2. The molecular weight excluding hydrogens is 448 g/mol. The molecule has 0 bridgehead atoms. The highest BCUT2D eigenvalue weighted by atomic mass is 35.5. The lowest BCUT2D eigenvalue weighted by Crippen LogP contribution is -2.38. The number of ether oxygens (including phenoxy) is 2. The summed E-state index contributed by atoms with van der Waals surface area (Å²) < 4.78 is 10.0. The van der Waals surface area contributed by atoms with E-state index in [1.165, 1.54) is 31.5 Å². The second-order valence-corrected chi connectivity index (χ2v) is 8.80. The smallest absolute Gasteiger partial charge is 0.355 e. The van der Waals surface area contributed by atoms with Crippen LogP contribution in [0.25, 0.3) is 0 Å². The normalized spacial score (nSPS) is 19.5. The number of anilines is 1. The predicted molar refractivity (Wildman–Crippen MR) is 126 cm³/mol. The third kappa shape index (κ3) is 4.18. The Bertz CT molecular complexity index is 1140. The van der Waals surface area contributed by atoms with Crippen LogP contribution in [-0.4, -0.2) is 43.3 Å². The van der Waals surface area contributed by atoms with E-state index in [4.69, 9.17) is 26.1 Å². The largest absolute Gasteiger partial charge is 0.466 e. The fourth-order valence-corrected chi connectivity index (χ4v) is 4.70. The van der Waals surface area contributed by atoms with Gasteiger partial charge in [-0.05, 0) is 49.4 Å². The van der Waals surface area contributed by atoms with Crippen molar-refractivity contribution in [3.8, 4) is 0 Å². The topological polar surface area (TPSA) is 68.2 Å². The third-order valence-corrected chi connectivity index (χ3v) is 6.46. The molecule has 2 heterocycles. The average Bonchev–Trinajstić information content (AvgIpc) is 3.14. The van der Waals surface area contributed by atoms with Crippen LogP contribution in [0, 0.1) is 6.92 Å². The van der Waals surface area contributed by atoms with Crippen LogP contribution in [0.15, 0.2) is 81.8 Å². The second-order valence-electron chi connectivity index (χ2n) is 7.27. The molecule has 2 aromatic rings. The Labute approximate surface area is 195 Å². The first-order valence-corrected chi connectivity index (χ1v) is 11.1. The summed E-state index contributed by atoms with van der Waals surface area (Å²) >= 11 is 7.55. The van der Waals surface area contributed by atoms with E-state index in [0.717, 1.165) is 9.94 Å². The molecule has 4 rings (SSSR count). The van der Waals surface area contributed by atoms with Gasteiger partial charge in [-0.15, -0.1) is 0 Å². The number of hydrogen-bond acceptors (Lipinski definition) is 7. The first-order valence-electron chi connectivity index (χ1n) is 9.89. The van der Waals surface area contributed by atoms with Gasteiger partial charge in [0, 0.05) is 15.6 Å². The van der Waals surface area contributed by atoms with Gasteiger partial charge in [0.25, 0.3) is 0 Å². The monoisotopic (exact) mass is 468 g/mol. The molecule has 0 spiro atoms.